The minimum Gasteiger partial charge on any atom is -0.488 e. The first-order valence-electron chi connectivity index (χ1n) is 8.20. The van der Waals surface area contributed by atoms with E-state index in [1.165, 1.54) is 0 Å². The van der Waals surface area contributed by atoms with Gasteiger partial charge in [-0.15, -0.1) is 12.4 Å². The Kier molecular flexibility index (Phi) is 8.46. The number of nitrogens with two attached hydrogens (primary N) is 1. The van der Waals surface area contributed by atoms with Gasteiger partial charge >= 0.3 is 5.97 Å². The summed E-state index contributed by atoms with van der Waals surface area (Å²) in [5.41, 5.74) is 10.2. The van der Waals surface area contributed by atoms with Gasteiger partial charge in [-0.25, -0.2) is 0 Å². The molecule has 0 spiro atoms. The molecule has 136 valence electrons. The van der Waals surface area contributed by atoms with Gasteiger partial charge in [0.2, 0.25) is 0 Å². The van der Waals surface area contributed by atoms with E-state index in [4.69, 9.17) is 15.2 Å². The molecular formula is C20H26ClNO3. The molecule has 4 nitrogen and oxygen atoms in total. The molecular weight excluding hydrogens is 338 g/mol. The number of carbonyl (C=O) groups excluding carboxylic acids is 1. The summed E-state index contributed by atoms with van der Waals surface area (Å²) in [5.74, 6) is 0.593. The molecule has 0 radical (unpaired) electrons. The molecule has 5 heteroatoms. The van der Waals surface area contributed by atoms with Gasteiger partial charge in [0.25, 0.3) is 0 Å². The van der Waals surface area contributed by atoms with Crippen LogP contribution in [0, 0.1) is 13.8 Å². The maximum absolute atomic E-state index is 11.6. The van der Waals surface area contributed by atoms with Crippen LogP contribution in [-0.4, -0.2) is 12.6 Å². The standard InChI is InChI=1S/C20H25NO3.ClH/c1-4-23-19(22)12-18(21)17-10-14(2)20(15(3)11-17)24-13-16-8-6-5-7-9-16;/h5-11,18H,4,12-13,21H2,1-3H3;1H/t18-;/m1./s1. The van der Waals surface area contributed by atoms with Crippen molar-refractivity contribution in [3.05, 3.63) is 64.7 Å². The number of benzene rings is 2. The zero-order valence-corrected chi connectivity index (χ0v) is 15.8. The van der Waals surface area contributed by atoms with Crippen molar-refractivity contribution >= 4 is 18.4 Å². The van der Waals surface area contributed by atoms with E-state index in [0.29, 0.717) is 13.2 Å². The highest BCUT2D eigenvalue weighted by molar-refractivity contribution is 5.85. The number of rotatable bonds is 7. The van der Waals surface area contributed by atoms with E-state index in [9.17, 15) is 4.79 Å². The number of halogens is 1. The molecule has 0 amide bonds. The Balaban J connectivity index is 0.00000312. The third-order valence-corrected chi connectivity index (χ3v) is 3.83. The van der Waals surface area contributed by atoms with Gasteiger partial charge in [0.15, 0.2) is 0 Å². The molecule has 0 heterocycles. The number of aryl methyl sites for hydroxylation is 2. The molecule has 0 aliphatic heterocycles. The molecule has 25 heavy (non-hydrogen) atoms. The van der Waals surface area contributed by atoms with Crippen molar-refractivity contribution in [2.24, 2.45) is 5.73 Å². The summed E-state index contributed by atoms with van der Waals surface area (Å²) in [7, 11) is 0. The molecule has 0 saturated heterocycles. The normalized spacial score (nSPS) is 11.4. The molecule has 0 aromatic heterocycles. The zero-order valence-electron chi connectivity index (χ0n) is 15.0. The topological polar surface area (TPSA) is 61.5 Å². The summed E-state index contributed by atoms with van der Waals surface area (Å²) in [4.78, 5) is 11.6. The minimum absolute atomic E-state index is 0. The van der Waals surface area contributed by atoms with E-state index in [1.807, 2.05) is 56.3 Å². The third kappa shape index (κ3) is 6.07. The first-order chi connectivity index (χ1) is 11.5. The van der Waals surface area contributed by atoms with Crippen LogP contribution in [-0.2, 0) is 16.1 Å². The van der Waals surface area contributed by atoms with E-state index < -0.39 is 0 Å². The number of ether oxygens (including phenoxy) is 2. The summed E-state index contributed by atoms with van der Waals surface area (Å²) in [5, 5.41) is 0. The largest absolute Gasteiger partial charge is 0.488 e. The number of carbonyl (C=O) groups is 1. The first kappa shape index (κ1) is 21.0. The van der Waals surface area contributed by atoms with Gasteiger partial charge in [-0.1, -0.05) is 42.5 Å². The minimum atomic E-state index is -0.371. The predicted molar refractivity (Wildman–Crippen MR) is 102 cm³/mol. The Morgan fingerprint density at radius 3 is 2.28 bits per heavy atom. The fourth-order valence-corrected chi connectivity index (χ4v) is 2.67. The Labute approximate surface area is 155 Å². The van der Waals surface area contributed by atoms with E-state index in [2.05, 4.69) is 0 Å². The number of esters is 1. The number of hydrogen-bond donors (Lipinski definition) is 1. The average molecular weight is 364 g/mol. The van der Waals surface area contributed by atoms with E-state index in [-0.39, 0.29) is 30.8 Å². The highest BCUT2D eigenvalue weighted by Crippen LogP contribution is 2.28. The zero-order chi connectivity index (χ0) is 17.5. The fraction of sp³-hybridized carbons (Fsp3) is 0.350. The Hall–Kier alpha value is -2.04. The second-order valence-electron chi connectivity index (χ2n) is 5.87. The molecule has 0 aliphatic carbocycles. The Bertz CT molecular complexity index is 666. The van der Waals surface area contributed by atoms with Crippen molar-refractivity contribution in [2.45, 2.75) is 39.8 Å². The van der Waals surface area contributed by atoms with Crippen molar-refractivity contribution in [1.82, 2.24) is 0 Å². The monoisotopic (exact) mass is 363 g/mol. The number of hydrogen-bond acceptors (Lipinski definition) is 4. The first-order valence-corrected chi connectivity index (χ1v) is 8.20. The summed E-state index contributed by atoms with van der Waals surface area (Å²) in [6.07, 6.45) is 0.178. The predicted octanol–water partition coefficient (Wildman–Crippen LogP) is 4.26. The second kappa shape index (κ2) is 10.1. The molecule has 1 atom stereocenters. The van der Waals surface area contributed by atoms with E-state index in [1.54, 1.807) is 6.92 Å². The lowest BCUT2D eigenvalue weighted by atomic mass is 9.99. The van der Waals surface area contributed by atoms with Crippen molar-refractivity contribution in [1.29, 1.82) is 0 Å². The maximum atomic E-state index is 11.6. The molecule has 2 rings (SSSR count). The molecule has 2 N–H and O–H groups in total. The van der Waals surface area contributed by atoms with Gasteiger partial charge in [0.05, 0.1) is 13.0 Å². The molecule has 0 fully saturated rings. The van der Waals surface area contributed by atoms with E-state index >= 15 is 0 Å². The van der Waals surface area contributed by atoms with Crippen LogP contribution in [0.1, 0.15) is 41.6 Å². The van der Waals surface area contributed by atoms with Gasteiger partial charge in [0.1, 0.15) is 12.4 Å². The van der Waals surface area contributed by atoms with Gasteiger partial charge in [-0.05, 0) is 43.0 Å². The smallest absolute Gasteiger partial charge is 0.307 e. The van der Waals surface area contributed by atoms with Crippen LogP contribution >= 0.6 is 12.4 Å². The highest BCUT2D eigenvalue weighted by Gasteiger charge is 2.15. The third-order valence-electron chi connectivity index (χ3n) is 3.83. The quantitative estimate of drug-likeness (QED) is 0.747. The summed E-state index contributed by atoms with van der Waals surface area (Å²) < 4.78 is 10.9. The van der Waals surface area contributed by atoms with Crippen molar-refractivity contribution in [3.8, 4) is 5.75 Å². The lowest BCUT2D eigenvalue weighted by molar-refractivity contribution is -0.143. The fourth-order valence-electron chi connectivity index (χ4n) is 2.67. The molecule has 2 aromatic rings. The maximum Gasteiger partial charge on any atom is 0.307 e. The van der Waals surface area contributed by atoms with Crippen LogP contribution in [0.15, 0.2) is 42.5 Å². The summed E-state index contributed by atoms with van der Waals surface area (Å²) in [6.45, 7) is 6.67. The molecule has 0 saturated carbocycles. The van der Waals surface area contributed by atoms with Crippen molar-refractivity contribution < 1.29 is 14.3 Å². The van der Waals surface area contributed by atoms with Crippen LogP contribution in [0.3, 0.4) is 0 Å². The van der Waals surface area contributed by atoms with E-state index in [0.717, 1.165) is 28.0 Å². The van der Waals surface area contributed by atoms with Crippen molar-refractivity contribution in [3.63, 3.8) is 0 Å². The SMILES string of the molecule is CCOC(=O)C[C@@H](N)c1cc(C)c(OCc2ccccc2)c(C)c1.Cl. The molecule has 0 unspecified atom stereocenters. The van der Waals surface area contributed by atoms with Crippen LogP contribution in [0.4, 0.5) is 0 Å². The lowest BCUT2D eigenvalue weighted by Crippen LogP contribution is -2.17. The average Bonchev–Trinajstić information content (AvgIpc) is 2.55. The van der Waals surface area contributed by atoms with Gasteiger partial charge in [0, 0.05) is 6.04 Å². The summed E-state index contributed by atoms with van der Waals surface area (Å²) in [6, 6.07) is 13.6. The Morgan fingerprint density at radius 1 is 1.12 bits per heavy atom. The summed E-state index contributed by atoms with van der Waals surface area (Å²) >= 11 is 0. The van der Waals surface area contributed by atoms with Gasteiger partial charge in [-0.3, -0.25) is 4.79 Å². The van der Waals surface area contributed by atoms with Crippen LogP contribution in [0.2, 0.25) is 0 Å². The van der Waals surface area contributed by atoms with Crippen LogP contribution in [0.5, 0.6) is 5.75 Å². The Morgan fingerprint density at radius 2 is 1.72 bits per heavy atom. The van der Waals surface area contributed by atoms with Gasteiger partial charge in [-0.2, -0.15) is 0 Å². The lowest BCUT2D eigenvalue weighted by Gasteiger charge is -2.17. The molecule has 2 aromatic carbocycles. The highest BCUT2D eigenvalue weighted by atomic mass is 35.5. The van der Waals surface area contributed by atoms with Crippen LogP contribution < -0.4 is 10.5 Å². The van der Waals surface area contributed by atoms with Gasteiger partial charge < -0.3 is 15.2 Å². The molecule has 0 bridgehead atoms. The second-order valence-corrected chi connectivity index (χ2v) is 5.87. The molecule has 0 aliphatic rings. The van der Waals surface area contributed by atoms with Crippen LogP contribution in [0.25, 0.3) is 0 Å². The van der Waals surface area contributed by atoms with Crippen molar-refractivity contribution in [2.75, 3.05) is 6.61 Å².